The Balaban J connectivity index is 1.72. The molecule has 6 heteroatoms. The fraction of sp³-hybridized carbons (Fsp3) is 0.538. The van der Waals surface area contributed by atoms with E-state index < -0.39 is 10.0 Å². The standard InChI is InChI=1S/C13H18N2O3S/c16-19(17,15-9-10-3-5-14-8-10)12-1-2-13-11(7-12)4-6-18-13/h1-2,7,10,14-15H,3-6,8-9H2. The average molecular weight is 282 g/mol. The molecule has 3 rings (SSSR count). The molecule has 1 atom stereocenters. The minimum Gasteiger partial charge on any atom is -0.493 e. The Bertz CT molecular complexity index is 565. The van der Waals surface area contributed by atoms with Crippen LogP contribution in [0.15, 0.2) is 23.1 Å². The summed E-state index contributed by atoms with van der Waals surface area (Å²) in [5.41, 5.74) is 0.977. The fourth-order valence-electron chi connectivity index (χ4n) is 2.53. The topological polar surface area (TPSA) is 67.4 Å². The smallest absolute Gasteiger partial charge is 0.240 e. The Morgan fingerprint density at radius 3 is 3.11 bits per heavy atom. The summed E-state index contributed by atoms with van der Waals surface area (Å²) in [6.45, 7) is 3.01. The van der Waals surface area contributed by atoms with Crippen LogP contribution >= 0.6 is 0 Å². The number of nitrogens with one attached hydrogen (secondary N) is 2. The maximum Gasteiger partial charge on any atom is 0.240 e. The highest BCUT2D eigenvalue weighted by Gasteiger charge is 2.21. The second-order valence-corrected chi connectivity index (χ2v) is 6.85. The number of rotatable bonds is 4. The molecule has 2 aliphatic heterocycles. The van der Waals surface area contributed by atoms with Crippen molar-refractivity contribution in [3.05, 3.63) is 23.8 Å². The largest absolute Gasteiger partial charge is 0.493 e. The molecule has 0 spiro atoms. The van der Waals surface area contributed by atoms with Gasteiger partial charge in [0.1, 0.15) is 5.75 Å². The van der Waals surface area contributed by atoms with E-state index in [1.807, 2.05) is 0 Å². The van der Waals surface area contributed by atoms with Gasteiger partial charge in [-0.2, -0.15) is 0 Å². The van der Waals surface area contributed by atoms with Gasteiger partial charge in [-0.25, -0.2) is 13.1 Å². The lowest BCUT2D eigenvalue weighted by molar-refractivity contribution is 0.356. The molecule has 1 aromatic rings. The zero-order chi connectivity index (χ0) is 13.3. The van der Waals surface area contributed by atoms with E-state index in [1.54, 1.807) is 18.2 Å². The first-order valence-electron chi connectivity index (χ1n) is 6.61. The number of benzene rings is 1. The van der Waals surface area contributed by atoms with Crippen LogP contribution in [-0.4, -0.2) is 34.7 Å². The van der Waals surface area contributed by atoms with Crippen LogP contribution in [0.5, 0.6) is 5.75 Å². The van der Waals surface area contributed by atoms with Crippen molar-refractivity contribution < 1.29 is 13.2 Å². The molecule has 104 valence electrons. The van der Waals surface area contributed by atoms with Crippen LogP contribution in [0.4, 0.5) is 0 Å². The summed E-state index contributed by atoms with van der Waals surface area (Å²) in [5, 5.41) is 3.23. The molecule has 2 aliphatic rings. The van der Waals surface area contributed by atoms with Crippen molar-refractivity contribution in [1.82, 2.24) is 10.0 Å². The van der Waals surface area contributed by atoms with Crippen molar-refractivity contribution in [2.24, 2.45) is 5.92 Å². The van der Waals surface area contributed by atoms with Crippen LogP contribution in [0.25, 0.3) is 0 Å². The molecular weight excluding hydrogens is 264 g/mol. The molecule has 0 amide bonds. The van der Waals surface area contributed by atoms with Gasteiger partial charge in [0.2, 0.25) is 10.0 Å². The molecule has 1 aromatic carbocycles. The quantitative estimate of drug-likeness (QED) is 0.844. The van der Waals surface area contributed by atoms with Crippen LogP contribution in [-0.2, 0) is 16.4 Å². The molecule has 0 radical (unpaired) electrons. The highest BCUT2D eigenvalue weighted by Crippen LogP contribution is 2.27. The Morgan fingerprint density at radius 2 is 2.32 bits per heavy atom. The van der Waals surface area contributed by atoms with Crippen molar-refractivity contribution in [2.75, 3.05) is 26.2 Å². The highest BCUT2D eigenvalue weighted by molar-refractivity contribution is 7.89. The summed E-state index contributed by atoms with van der Waals surface area (Å²) < 4.78 is 32.5. The first-order chi connectivity index (χ1) is 9.15. The molecule has 5 nitrogen and oxygen atoms in total. The van der Waals surface area contributed by atoms with E-state index in [4.69, 9.17) is 4.74 Å². The molecule has 0 saturated carbocycles. The summed E-state index contributed by atoms with van der Waals surface area (Å²) in [7, 11) is -3.40. The third-order valence-electron chi connectivity index (χ3n) is 3.70. The van der Waals surface area contributed by atoms with Crippen molar-refractivity contribution in [2.45, 2.75) is 17.7 Å². The van der Waals surface area contributed by atoms with Crippen LogP contribution in [0.1, 0.15) is 12.0 Å². The van der Waals surface area contributed by atoms with Crippen LogP contribution in [0.3, 0.4) is 0 Å². The van der Waals surface area contributed by atoms with Crippen LogP contribution in [0.2, 0.25) is 0 Å². The van der Waals surface area contributed by atoms with Gasteiger partial charge in [0.25, 0.3) is 0 Å². The average Bonchev–Trinajstić information content (AvgIpc) is 3.06. The minimum absolute atomic E-state index is 0.336. The Hall–Kier alpha value is -1.11. The van der Waals surface area contributed by atoms with Gasteiger partial charge in [0, 0.05) is 13.0 Å². The van der Waals surface area contributed by atoms with E-state index in [2.05, 4.69) is 10.0 Å². The zero-order valence-corrected chi connectivity index (χ0v) is 11.5. The maximum absolute atomic E-state index is 12.2. The van der Waals surface area contributed by atoms with Gasteiger partial charge in [0.05, 0.1) is 11.5 Å². The third-order valence-corrected chi connectivity index (χ3v) is 5.12. The molecule has 0 aliphatic carbocycles. The molecule has 19 heavy (non-hydrogen) atoms. The van der Waals surface area contributed by atoms with Crippen LogP contribution < -0.4 is 14.8 Å². The molecule has 2 heterocycles. The monoisotopic (exact) mass is 282 g/mol. The Labute approximate surface area is 113 Å². The lowest BCUT2D eigenvalue weighted by Gasteiger charge is -2.11. The SMILES string of the molecule is O=S(=O)(NCC1CCNC1)c1ccc2c(c1)CCO2. The van der Waals surface area contributed by atoms with Crippen molar-refractivity contribution in [3.63, 3.8) is 0 Å². The Kier molecular flexibility index (Phi) is 3.47. The van der Waals surface area contributed by atoms with E-state index in [0.29, 0.717) is 24.0 Å². The summed E-state index contributed by atoms with van der Waals surface area (Å²) in [6.07, 6.45) is 1.81. The Morgan fingerprint density at radius 1 is 1.42 bits per heavy atom. The summed E-state index contributed by atoms with van der Waals surface area (Å²) in [5.74, 6) is 1.20. The van der Waals surface area contributed by atoms with Gasteiger partial charge >= 0.3 is 0 Å². The van der Waals surface area contributed by atoms with Crippen molar-refractivity contribution >= 4 is 10.0 Å². The summed E-state index contributed by atoms with van der Waals surface area (Å²) in [4.78, 5) is 0.336. The van der Waals surface area contributed by atoms with Crippen molar-refractivity contribution in [3.8, 4) is 5.75 Å². The molecule has 1 unspecified atom stereocenters. The second-order valence-electron chi connectivity index (χ2n) is 5.08. The maximum atomic E-state index is 12.2. The van der Waals surface area contributed by atoms with Crippen molar-refractivity contribution in [1.29, 1.82) is 0 Å². The molecule has 1 fully saturated rings. The number of sulfonamides is 1. The van der Waals surface area contributed by atoms with Gasteiger partial charge < -0.3 is 10.1 Å². The highest BCUT2D eigenvalue weighted by atomic mass is 32.2. The van der Waals surface area contributed by atoms with Gasteiger partial charge in [-0.05, 0) is 49.2 Å². The first-order valence-corrected chi connectivity index (χ1v) is 8.09. The van der Waals surface area contributed by atoms with Gasteiger partial charge in [-0.1, -0.05) is 0 Å². The minimum atomic E-state index is -3.40. The molecule has 2 N–H and O–H groups in total. The van der Waals surface area contributed by atoms with Gasteiger partial charge in [-0.3, -0.25) is 0 Å². The molecule has 0 bridgehead atoms. The van der Waals surface area contributed by atoms with E-state index in [9.17, 15) is 8.42 Å². The predicted molar refractivity (Wildman–Crippen MR) is 71.8 cm³/mol. The number of hydrogen-bond donors (Lipinski definition) is 2. The lowest BCUT2D eigenvalue weighted by atomic mass is 10.1. The van der Waals surface area contributed by atoms with Crippen LogP contribution in [0, 0.1) is 5.92 Å². The first kappa shape index (κ1) is 12.9. The zero-order valence-electron chi connectivity index (χ0n) is 10.7. The normalized spacial score (nSPS) is 22.2. The van der Waals surface area contributed by atoms with Gasteiger partial charge in [0.15, 0.2) is 0 Å². The predicted octanol–water partition coefficient (Wildman–Crippen LogP) is 0.509. The number of fused-ring (bicyclic) bond motifs is 1. The van der Waals surface area contributed by atoms with E-state index in [1.165, 1.54) is 0 Å². The van der Waals surface area contributed by atoms with E-state index >= 15 is 0 Å². The van der Waals surface area contributed by atoms with Gasteiger partial charge in [-0.15, -0.1) is 0 Å². The van der Waals surface area contributed by atoms with E-state index in [-0.39, 0.29) is 0 Å². The fourth-order valence-corrected chi connectivity index (χ4v) is 3.70. The van der Waals surface area contributed by atoms with E-state index in [0.717, 1.165) is 37.2 Å². The summed E-state index contributed by atoms with van der Waals surface area (Å²) >= 11 is 0. The lowest BCUT2D eigenvalue weighted by Crippen LogP contribution is -2.30. The number of ether oxygens (including phenoxy) is 1. The second kappa shape index (κ2) is 5.11. The molecular formula is C13H18N2O3S. The molecule has 0 aromatic heterocycles. The number of hydrogen-bond acceptors (Lipinski definition) is 4. The molecule has 1 saturated heterocycles. The summed E-state index contributed by atoms with van der Waals surface area (Å²) in [6, 6.07) is 5.07. The third kappa shape index (κ3) is 2.75.